The molecule has 0 unspecified atom stereocenters. The van der Waals surface area contributed by atoms with Gasteiger partial charge in [-0.15, -0.1) is 0 Å². The summed E-state index contributed by atoms with van der Waals surface area (Å²) in [6, 6.07) is 23.3. The topological polar surface area (TPSA) is 112 Å². The summed E-state index contributed by atoms with van der Waals surface area (Å²) >= 11 is 0. The molecular weight excluding hydrogens is 616 g/mol. The minimum absolute atomic E-state index is 0.0267. The molecule has 0 atom stereocenters. The van der Waals surface area contributed by atoms with Gasteiger partial charge in [0.15, 0.2) is 0 Å². The van der Waals surface area contributed by atoms with Crippen molar-refractivity contribution in [1.29, 1.82) is 0 Å². The van der Waals surface area contributed by atoms with Gasteiger partial charge < -0.3 is 24.9 Å². The molecule has 5 rings (SSSR count). The van der Waals surface area contributed by atoms with E-state index >= 15 is 0 Å². The van der Waals surface area contributed by atoms with E-state index in [2.05, 4.69) is 54.2 Å². The van der Waals surface area contributed by atoms with E-state index in [0.717, 1.165) is 46.7 Å². The molecule has 0 fully saturated rings. The number of hydrogen-bond acceptors (Lipinski definition) is 6. The second kappa shape index (κ2) is 16.8. The fourth-order valence-electron chi connectivity index (χ4n) is 6.33. The first-order valence-electron chi connectivity index (χ1n) is 17.3. The number of benzene rings is 3. The Morgan fingerprint density at radius 1 is 0.837 bits per heavy atom. The van der Waals surface area contributed by atoms with Gasteiger partial charge in [0, 0.05) is 61.8 Å². The van der Waals surface area contributed by atoms with E-state index in [-0.39, 0.29) is 17.4 Å². The van der Waals surface area contributed by atoms with Gasteiger partial charge in [-0.2, -0.15) is 0 Å². The molecule has 9 heteroatoms. The number of nitrogens with zero attached hydrogens (tertiary/aromatic N) is 2. The third kappa shape index (κ3) is 8.84. The summed E-state index contributed by atoms with van der Waals surface area (Å²) in [5.74, 6) is -0.488. The zero-order chi connectivity index (χ0) is 34.8. The molecule has 0 bridgehead atoms. The summed E-state index contributed by atoms with van der Waals surface area (Å²) in [5, 5.41) is 6.39. The number of carbonyl (C=O) groups excluding carboxylic acids is 3. The summed E-state index contributed by atoms with van der Waals surface area (Å²) in [6.07, 6.45) is 3.93. The van der Waals surface area contributed by atoms with Crippen LogP contribution in [0.5, 0.6) is 0 Å². The van der Waals surface area contributed by atoms with Crippen molar-refractivity contribution in [2.45, 2.75) is 65.3 Å². The standard InChI is InChI=1S/C40H46N4O5/c1-4-43(5-2)32-21-20-30-25-34(40(48)49-36(30)26-32)39(47)42-23-13-12-22-41-37(45)18-10-11-19-38(46)44-27-31-15-6-8-16-33(31)28(3)24-29-14-7-9-17-35(29)44/h6-9,14-17,20-21,25-26H,3-5,10-13,18-19,22-24,27H2,1-2H3,(H,41,45)(H,42,47). The summed E-state index contributed by atoms with van der Waals surface area (Å²) in [4.78, 5) is 55.2. The predicted octanol–water partition coefficient (Wildman–Crippen LogP) is 6.63. The Hall–Kier alpha value is -5.18. The number of rotatable bonds is 14. The first-order chi connectivity index (χ1) is 23.8. The molecule has 4 aromatic rings. The van der Waals surface area contributed by atoms with Gasteiger partial charge in [-0.25, -0.2) is 4.79 Å². The molecule has 1 aromatic heterocycles. The minimum Gasteiger partial charge on any atom is -0.422 e. The molecule has 0 spiro atoms. The lowest BCUT2D eigenvalue weighted by molar-refractivity contribution is -0.122. The number of carbonyl (C=O) groups is 3. The highest BCUT2D eigenvalue weighted by Gasteiger charge is 2.23. The van der Waals surface area contributed by atoms with E-state index in [1.807, 2.05) is 53.4 Å². The van der Waals surface area contributed by atoms with Crippen LogP contribution in [-0.2, 0) is 22.6 Å². The Morgan fingerprint density at radius 2 is 1.53 bits per heavy atom. The SMILES string of the molecule is C=C1Cc2ccccc2N(C(=O)CCCCC(=O)NCCCCNC(=O)c2cc3ccc(N(CC)CC)cc3oc2=O)Cc2ccccc21. The van der Waals surface area contributed by atoms with Crippen LogP contribution in [0, 0.1) is 0 Å². The molecule has 49 heavy (non-hydrogen) atoms. The Morgan fingerprint density at radius 3 is 2.31 bits per heavy atom. The van der Waals surface area contributed by atoms with Crippen LogP contribution in [0.4, 0.5) is 11.4 Å². The molecule has 0 saturated heterocycles. The lowest BCUT2D eigenvalue weighted by Gasteiger charge is -2.29. The van der Waals surface area contributed by atoms with E-state index < -0.39 is 11.5 Å². The highest BCUT2D eigenvalue weighted by atomic mass is 16.4. The van der Waals surface area contributed by atoms with Crippen LogP contribution in [-0.4, -0.2) is 43.9 Å². The summed E-state index contributed by atoms with van der Waals surface area (Å²) < 4.78 is 5.47. The normalized spacial score (nSPS) is 12.4. The fraction of sp³-hybridized carbons (Fsp3) is 0.350. The predicted molar refractivity (Wildman–Crippen MR) is 196 cm³/mol. The van der Waals surface area contributed by atoms with E-state index in [1.165, 1.54) is 0 Å². The molecule has 1 aliphatic rings. The average molecular weight is 663 g/mol. The molecule has 0 radical (unpaired) electrons. The van der Waals surface area contributed by atoms with Gasteiger partial charge >= 0.3 is 5.63 Å². The largest absolute Gasteiger partial charge is 0.422 e. The third-order valence-corrected chi connectivity index (χ3v) is 9.06. The third-order valence-electron chi connectivity index (χ3n) is 9.06. The average Bonchev–Trinajstić information content (AvgIpc) is 3.10. The van der Waals surface area contributed by atoms with E-state index in [9.17, 15) is 19.2 Å². The van der Waals surface area contributed by atoms with Crippen molar-refractivity contribution >= 4 is 45.6 Å². The van der Waals surface area contributed by atoms with E-state index in [0.29, 0.717) is 75.5 Å². The smallest absolute Gasteiger partial charge is 0.349 e. The van der Waals surface area contributed by atoms with Crippen molar-refractivity contribution in [3.8, 4) is 0 Å². The molecule has 9 nitrogen and oxygen atoms in total. The molecule has 2 N–H and O–H groups in total. The number of fused-ring (bicyclic) bond motifs is 3. The van der Waals surface area contributed by atoms with Crippen molar-refractivity contribution in [2.75, 3.05) is 36.0 Å². The van der Waals surface area contributed by atoms with Crippen LogP contribution < -0.4 is 26.1 Å². The molecule has 3 aromatic carbocycles. The van der Waals surface area contributed by atoms with Crippen LogP contribution in [0.25, 0.3) is 16.5 Å². The number of amides is 3. The molecule has 0 aliphatic carbocycles. The lowest BCUT2D eigenvalue weighted by Crippen LogP contribution is -2.32. The quantitative estimate of drug-likeness (QED) is 0.116. The van der Waals surface area contributed by atoms with Gasteiger partial charge in [-0.05, 0) is 92.5 Å². The maximum absolute atomic E-state index is 13.5. The zero-order valence-corrected chi connectivity index (χ0v) is 28.6. The highest BCUT2D eigenvalue weighted by Crippen LogP contribution is 2.33. The minimum atomic E-state index is -0.668. The van der Waals surface area contributed by atoms with Crippen LogP contribution in [0.1, 0.15) is 79.4 Å². The fourth-order valence-corrected chi connectivity index (χ4v) is 6.33. The Bertz CT molecular complexity index is 1880. The maximum atomic E-state index is 13.5. The molecule has 1 aliphatic heterocycles. The van der Waals surface area contributed by atoms with Crippen LogP contribution in [0.15, 0.2) is 88.6 Å². The van der Waals surface area contributed by atoms with Crippen molar-refractivity contribution < 1.29 is 18.8 Å². The maximum Gasteiger partial charge on any atom is 0.349 e. The number of anilines is 2. The summed E-state index contributed by atoms with van der Waals surface area (Å²) in [6.45, 7) is 11.4. The second-order valence-electron chi connectivity index (χ2n) is 12.4. The van der Waals surface area contributed by atoms with E-state index in [1.54, 1.807) is 6.07 Å². The molecule has 3 amide bonds. The molecule has 0 saturated carbocycles. The number of allylic oxidation sites excluding steroid dienone is 1. The van der Waals surface area contributed by atoms with Crippen molar-refractivity contribution in [1.82, 2.24) is 10.6 Å². The van der Waals surface area contributed by atoms with Crippen molar-refractivity contribution in [3.63, 3.8) is 0 Å². The van der Waals surface area contributed by atoms with Crippen LogP contribution in [0.3, 0.4) is 0 Å². The van der Waals surface area contributed by atoms with Crippen LogP contribution in [0.2, 0.25) is 0 Å². The summed E-state index contributed by atoms with van der Waals surface area (Å²) in [7, 11) is 0. The number of hydrogen-bond donors (Lipinski definition) is 2. The van der Waals surface area contributed by atoms with Gasteiger partial charge in [0.2, 0.25) is 11.8 Å². The molecule has 256 valence electrons. The first kappa shape index (κ1) is 35.1. The van der Waals surface area contributed by atoms with Crippen molar-refractivity contribution in [3.05, 3.63) is 112 Å². The number of nitrogens with one attached hydrogen (secondary N) is 2. The summed E-state index contributed by atoms with van der Waals surface area (Å²) in [5.41, 5.74) is 5.94. The number of unbranched alkanes of at least 4 members (excludes halogenated alkanes) is 2. The monoisotopic (exact) mass is 662 g/mol. The van der Waals surface area contributed by atoms with Crippen molar-refractivity contribution in [2.24, 2.45) is 0 Å². The van der Waals surface area contributed by atoms with Gasteiger partial charge in [0.05, 0.1) is 6.54 Å². The van der Waals surface area contributed by atoms with Crippen LogP contribution >= 0.6 is 0 Å². The Kier molecular flexibility index (Phi) is 12.0. The lowest BCUT2D eigenvalue weighted by atomic mass is 9.92. The zero-order valence-electron chi connectivity index (χ0n) is 28.6. The first-order valence-corrected chi connectivity index (χ1v) is 17.3. The Balaban J connectivity index is 1.01. The Labute approximate surface area is 288 Å². The molecular formula is C40H46N4O5. The highest BCUT2D eigenvalue weighted by molar-refractivity contribution is 5.97. The second-order valence-corrected chi connectivity index (χ2v) is 12.4. The van der Waals surface area contributed by atoms with Gasteiger partial charge in [0.25, 0.3) is 5.91 Å². The van der Waals surface area contributed by atoms with Gasteiger partial charge in [-0.3, -0.25) is 14.4 Å². The van der Waals surface area contributed by atoms with Gasteiger partial charge in [-0.1, -0.05) is 49.0 Å². The molecule has 2 heterocycles. The number of para-hydroxylation sites is 1. The van der Waals surface area contributed by atoms with E-state index in [4.69, 9.17) is 4.42 Å². The van der Waals surface area contributed by atoms with Gasteiger partial charge in [0.1, 0.15) is 11.1 Å².